The number of aryl methyl sites for hydroxylation is 1. The molecule has 2 heterocycles. The number of nitrogens with one attached hydrogen (secondary N) is 1. The fraction of sp³-hybridized carbons (Fsp3) is 0.263. The summed E-state index contributed by atoms with van der Waals surface area (Å²) < 4.78 is 34.6. The van der Waals surface area contributed by atoms with Gasteiger partial charge in [-0.1, -0.05) is 0 Å². The molecule has 0 aliphatic heterocycles. The zero-order valence-electron chi connectivity index (χ0n) is 16.4. The first-order valence-electron chi connectivity index (χ1n) is 8.88. The summed E-state index contributed by atoms with van der Waals surface area (Å²) in [5.41, 5.74) is 1.47. The summed E-state index contributed by atoms with van der Waals surface area (Å²) in [6, 6.07) is 3.34. The Labute approximate surface area is 169 Å². The van der Waals surface area contributed by atoms with Crippen molar-refractivity contribution in [3.8, 4) is 5.75 Å². The molecule has 3 aromatic rings. The van der Waals surface area contributed by atoms with Crippen LogP contribution in [-0.4, -0.2) is 36.5 Å². The number of rotatable bonds is 7. The largest absolute Gasteiger partial charge is 0.480 e. The van der Waals surface area contributed by atoms with Gasteiger partial charge in [0.05, 0.1) is 17.1 Å². The molecule has 158 valence electrons. The van der Waals surface area contributed by atoms with Crippen molar-refractivity contribution in [2.24, 2.45) is 0 Å². The summed E-state index contributed by atoms with van der Waals surface area (Å²) in [5.74, 6) is -3.38. The zero-order valence-corrected chi connectivity index (χ0v) is 16.4. The number of ether oxygens (including phenoxy) is 1. The minimum Gasteiger partial charge on any atom is -0.480 e. The van der Waals surface area contributed by atoms with Crippen molar-refractivity contribution in [3.63, 3.8) is 0 Å². The van der Waals surface area contributed by atoms with Crippen molar-refractivity contribution in [1.29, 1.82) is 0 Å². The first-order chi connectivity index (χ1) is 14.2. The minimum atomic E-state index is -1.13. The van der Waals surface area contributed by atoms with Gasteiger partial charge in [0, 0.05) is 12.3 Å². The fourth-order valence-corrected chi connectivity index (χ4v) is 2.81. The van der Waals surface area contributed by atoms with Crippen LogP contribution in [0.3, 0.4) is 0 Å². The van der Waals surface area contributed by atoms with Crippen LogP contribution in [0.1, 0.15) is 34.8 Å². The van der Waals surface area contributed by atoms with Crippen molar-refractivity contribution < 1.29 is 28.2 Å². The lowest BCUT2D eigenvalue weighted by molar-refractivity contribution is -0.140. The Balaban J connectivity index is 1.77. The molecule has 1 aromatic carbocycles. The molecule has 1 atom stereocenters. The van der Waals surface area contributed by atoms with Crippen molar-refractivity contribution in [3.05, 3.63) is 59.2 Å². The number of aromatic nitrogens is 4. The number of aliphatic carboxylic acids is 1. The van der Waals surface area contributed by atoms with Crippen LogP contribution < -0.4 is 10.1 Å². The van der Waals surface area contributed by atoms with E-state index in [2.05, 4.69) is 15.5 Å². The number of carboxylic acids is 1. The van der Waals surface area contributed by atoms with Crippen molar-refractivity contribution in [1.82, 2.24) is 19.6 Å². The first-order valence-corrected chi connectivity index (χ1v) is 8.88. The second kappa shape index (κ2) is 8.31. The lowest BCUT2D eigenvalue weighted by Crippen LogP contribution is -2.24. The van der Waals surface area contributed by atoms with Gasteiger partial charge in [-0.2, -0.15) is 10.2 Å². The second-order valence-corrected chi connectivity index (χ2v) is 6.52. The topological polar surface area (TPSA) is 111 Å². The molecule has 0 saturated carbocycles. The molecule has 3 rings (SSSR count). The summed E-state index contributed by atoms with van der Waals surface area (Å²) >= 11 is 0. The lowest BCUT2D eigenvalue weighted by Gasteiger charge is -2.12. The number of hydrogen-bond acceptors (Lipinski definition) is 5. The Hall–Kier alpha value is -3.76. The van der Waals surface area contributed by atoms with Crippen molar-refractivity contribution >= 4 is 17.6 Å². The molecule has 9 nitrogen and oxygen atoms in total. The van der Waals surface area contributed by atoms with Crippen molar-refractivity contribution in [2.45, 2.75) is 33.5 Å². The number of amides is 1. The highest BCUT2D eigenvalue weighted by Crippen LogP contribution is 2.23. The Bertz CT molecular complexity index is 1110. The molecule has 30 heavy (non-hydrogen) atoms. The number of carbonyl (C=O) groups excluding carboxylic acids is 1. The molecule has 1 unspecified atom stereocenters. The van der Waals surface area contributed by atoms with Crippen LogP contribution >= 0.6 is 0 Å². The van der Waals surface area contributed by atoms with E-state index in [-0.39, 0.29) is 18.2 Å². The normalized spacial score (nSPS) is 11.9. The average Bonchev–Trinajstić information content (AvgIpc) is 3.27. The summed E-state index contributed by atoms with van der Waals surface area (Å²) in [5, 5.41) is 20.0. The van der Waals surface area contributed by atoms with Crippen LogP contribution in [-0.2, 0) is 11.5 Å². The molecule has 0 aliphatic carbocycles. The molecule has 0 radical (unpaired) electrons. The maximum absolute atomic E-state index is 13.7. The van der Waals surface area contributed by atoms with Gasteiger partial charge in [-0.15, -0.1) is 0 Å². The van der Waals surface area contributed by atoms with Crippen LogP contribution in [0.2, 0.25) is 0 Å². The second-order valence-electron chi connectivity index (χ2n) is 6.52. The van der Waals surface area contributed by atoms with Gasteiger partial charge >= 0.3 is 5.97 Å². The highest BCUT2D eigenvalue weighted by Gasteiger charge is 2.23. The summed E-state index contributed by atoms with van der Waals surface area (Å²) in [4.78, 5) is 23.9. The molecule has 0 spiro atoms. The van der Waals surface area contributed by atoms with Gasteiger partial charge in [0.15, 0.2) is 18.3 Å². The Morgan fingerprint density at radius 1 is 1.27 bits per heavy atom. The smallest absolute Gasteiger partial charge is 0.328 e. The number of halogens is 2. The van der Waals surface area contributed by atoms with E-state index in [1.54, 1.807) is 13.8 Å². The summed E-state index contributed by atoms with van der Waals surface area (Å²) in [6.45, 7) is 4.58. The molecule has 2 N–H and O–H groups in total. The molecule has 1 amide bonds. The number of nitrogens with zero attached hydrogens (tertiary/aromatic N) is 4. The Kier molecular flexibility index (Phi) is 5.81. The number of anilines is 1. The molecule has 0 saturated heterocycles. The maximum atomic E-state index is 13.7. The van der Waals surface area contributed by atoms with Gasteiger partial charge in [-0.05, 0) is 39.0 Å². The SMILES string of the molecule is Cc1nn(COc2ccc(F)cc2F)c(C)c1NC(=O)c1ccnn1C(C)C(=O)O. The molecule has 11 heteroatoms. The van der Waals surface area contributed by atoms with E-state index in [9.17, 15) is 18.4 Å². The molecule has 2 aromatic heterocycles. The van der Waals surface area contributed by atoms with E-state index >= 15 is 0 Å². The van der Waals surface area contributed by atoms with Gasteiger partial charge < -0.3 is 15.2 Å². The molecule has 0 bridgehead atoms. The quantitative estimate of drug-likeness (QED) is 0.609. The third-order valence-corrected chi connectivity index (χ3v) is 4.48. The van der Waals surface area contributed by atoms with Gasteiger partial charge in [0.2, 0.25) is 0 Å². The predicted octanol–water partition coefficient (Wildman–Crippen LogP) is 2.91. The van der Waals surface area contributed by atoms with Crippen LogP contribution in [0.5, 0.6) is 5.75 Å². The minimum absolute atomic E-state index is 0.0704. The monoisotopic (exact) mass is 419 g/mol. The van der Waals surface area contributed by atoms with Gasteiger partial charge in [0.25, 0.3) is 5.91 Å². The molecule has 0 aliphatic rings. The standard InChI is InChI=1S/C19H19F2N5O4/c1-10-17(23-18(27)15-6-7-22-26(15)12(3)19(28)29)11(2)25(24-10)9-30-16-5-4-13(20)8-14(16)21/h4-8,12H,9H2,1-3H3,(H,23,27)(H,28,29). The third kappa shape index (κ3) is 4.14. The van der Waals surface area contributed by atoms with Crippen LogP contribution in [0.15, 0.2) is 30.5 Å². The van der Waals surface area contributed by atoms with Crippen LogP contribution in [0.25, 0.3) is 0 Å². The molecule has 0 fully saturated rings. The van der Waals surface area contributed by atoms with E-state index in [0.29, 0.717) is 23.1 Å². The summed E-state index contributed by atoms with van der Waals surface area (Å²) in [6.07, 6.45) is 1.34. The van der Waals surface area contributed by atoms with E-state index < -0.39 is 29.6 Å². The Morgan fingerprint density at radius 2 is 2.00 bits per heavy atom. The van der Waals surface area contributed by atoms with Gasteiger partial charge in [0.1, 0.15) is 17.6 Å². The van der Waals surface area contributed by atoms with E-state index in [1.807, 2.05) is 0 Å². The number of carbonyl (C=O) groups is 2. The van der Waals surface area contributed by atoms with Crippen LogP contribution in [0.4, 0.5) is 14.5 Å². The lowest BCUT2D eigenvalue weighted by atomic mass is 10.2. The zero-order chi connectivity index (χ0) is 22.0. The predicted molar refractivity (Wildman–Crippen MR) is 101 cm³/mol. The third-order valence-electron chi connectivity index (χ3n) is 4.48. The number of carboxylic acid groups (broad SMARTS) is 1. The molecular weight excluding hydrogens is 400 g/mol. The van der Waals surface area contributed by atoms with E-state index in [4.69, 9.17) is 9.84 Å². The Morgan fingerprint density at radius 3 is 2.67 bits per heavy atom. The van der Waals surface area contributed by atoms with Crippen molar-refractivity contribution in [2.75, 3.05) is 5.32 Å². The average molecular weight is 419 g/mol. The fourth-order valence-electron chi connectivity index (χ4n) is 2.81. The molecular formula is C19H19F2N5O4. The van der Waals surface area contributed by atoms with Gasteiger partial charge in [-0.3, -0.25) is 4.79 Å². The highest BCUT2D eigenvalue weighted by atomic mass is 19.1. The van der Waals surface area contributed by atoms with Gasteiger partial charge in [-0.25, -0.2) is 22.9 Å². The van der Waals surface area contributed by atoms with E-state index in [1.165, 1.54) is 29.9 Å². The first kappa shape index (κ1) is 21.0. The highest BCUT2D eigenvalue weighted by molar-refractivity contribution is 6.04. The number of hydrogen-bond donors (Lipinski definition) is 2. The maximum Gasteiger partial charge on any atom is 0.328 e. The summed E-state index contributed by atoms with van der Waals surface area (Å²) in [7, 11) is 0. The van der Waals surface area contributed by atoms with E-state index in [0.717, 1.165) is 10.7 Å². The van der Waals surface area contributed by atoms with Crippen LogP contribution in [0, 0.1) is 25.5 Å². The number of benzene rings is 1.